The van der Waals surface area contributed by atoms with Gasteiger partial charge in [-0.15, -0.1) is 47.0 Å². The van der Waals surface area contributed by atoms with E-state index in [1.165, 1.54) is 56.6 Å². The lowest BCUT2D eigenvalue weighted by atomic mass is 10.1. The number of carbonyl (C=O) groups is 2. The molecule has 0 fully saturated rings. The summed E-state index contributed by atoms with van der Waals surface area (Å²) in [4.78, 5) is 26.2. The highest BCUT2D eigenvalue weighted by molar-refractivity contribution is 8.23. The van der Waals surface area contributed by atoms with E-state index in [9.17, 15) is 9.59 Å². The quantitative estimate of drug-likeness (QED) is 0.231. The van der Waals surface area contributed by atoms with Crippen LogP contribution in [0, 0.1) is 0 Å². The number of benzene rings is 1. The van der Waals surface area contributed by atoms with Crippen LogP contribution in [0.15, 0.2) is 70.2 Å². The summed E-state index contributed by atoms with van der Waals surface area (Å²) in [6, 6.07) is 8.97. The highest BCUT2D eigenvalue weighted by Gasteiger charge is 2.26. The molecule has 4 atom stereocenters. The molecular formula is C26H30O2S6. The van der Waals surface area contributed by atoms with Gasteiger partial charge in [0.15, 0.2) is 0 Å². The molecule has 0 aliphatic carbocycles. The normalized spacial score (nSPS) is 21.5. The molecular weight excluding hydrogens is 537 g/mol. The molecule has 0 spiro atoms. The molecule has 0 bridgehead atoms. The largest absolute Gasteiger partial charge is 0.282 e. The van der Waals surface area contributed by atoms with Gasteiger partial charge in [-0.2, -0.15) is 0 Å². The van der Waals surface area contributed by atoms with E-state index in [-0.39, 0.29) is 10.2 Å². The molecule has 0 radical (unpaired) electrons. The summed E-state index contributed by atoms with van der Waals surface area (Å²) in [5.41, 5.74) is 2.68. The van der Waals surface area contributed by atoms with Crippen LogP contribution >= 0.6 is 70.6 Å². The molecule has 0 N–H and O–H groups in total. The molecule has 3 rings (SSSR count). The van der Waals surface area contributed by atoms with E-state index in [4.69, 9.17) is 0 Å². The molecule has 2 nitrogen and oxygen atoms in total. The predicted octanol–water partition coefficient (Wildman–Crippen LogP) is 9.56. The zero-order chi connectivity index (χ0) is 24.5. The summed E-state index contributed by atoms with van der Waals surface area (Å²) < 4.78 is 0.726. The van der Waals surface area contributed by atoms with E-state index in [1.807, 2.05) is 47.0 Å². The molecule has 2 aliphatic heterocycles. The summed E-state index contributed by atoms with van der Waals surface area (Å²) in [5.74, 6) is 0. The number of rotatable bonds is 12. The number of hydrogen-bond donors (Lipinski definition) is 0. The van der Waals surface area contributed by atoms with Crippen LogP contribution in [-0.2, 0) is 9.59 Å². The van der Waals surface area contributed by atoms with Gasteiger partial charge in [-0.1, -0.05) is 74.8 Å². The maximum Gasteiger partial charge on any atom is 0.211 e. The lowest BCUT2D eigenvalue weighted by Crippen LogP contribution is -2.04. The second kappa shape index (κ2) is 14.4. The van der Waals surface area contributed by atoms with E-state index in [0.717, 1.165) is 25.7 Å². The van der Waals surface area contributed by atoms with Crippen molar-refractivity contribution in [1.82, 2.24) is 0 Å². The Morgan fingerprint density at radius 2 is 1.32 bits per heavy atom. The van der Waals surface area contributed by atoms with E-state index < -0.39 is 0 Å². The third-order valence-corrected chi connectivity index (χ3v) is 13.3. The average molecular weight is 567 g/mol. The highest BCUT2D eigenvalue weighted by Crippen LogP contribution is 2.55. The maximum absolute atomic E-state index is 11.7. The Kier molecular flexibility index (Phi) is 11.9. The van der Waals surface area contributed by atoms with E-state index >= 15 is 0 Å². The van der Waals surface area contributed by atoms with Crippen LogP contribution in [0.2, 0.25) is 0 Å². The van der Waals surface area contributed by atoms with Gasteiger partial charge in [-0.05, 0) is 69.6 Å². The fourth-order valence-electron chi connectivity index (χ4n) is 3.41. The molecule has 0 saturated carbocycles. The van der Waals surface area contributed by atoms with Gasteiger partial charge in [0.05, 0.1) is 9.16 Å². The summed E-state index contributed by atoms with van der Waals surface area (Å²) in [7, 11) is 0. The van der Waals surface area contributed by atoms with Crippen molar-refractivity contribution in [3.05, 3.63) is 81.3 Å². The van der Waals surface area contributed by atoms with E-state index in [2.05, 4.69) is 62.1 Å². The van der Waals surface area contributed by atoms with Gasteiger partial charge in [-0.3, -0.25) is 9.59 Å². The number of carbonyl (C=O) groups excluding carboxylic acids is 2. The lowest BCUT2D eigenvalue weighted by molar-refractivity contribution is -0.107. The topological polar surface area (TPSA) is 34.1 Å². The molecule has 34 heavy (non-hydrogen) atoms. The van der Waals surface area contributed by atoms with Crippen LogP contribution in [0.3, 0.4) is 0 Å². The van der Waals surface area contributed by atoms with Crippen LogP contribution in [0.4, 0.5) is 0 Å². The molecule has 0 saturated heterocycles. The Bertz CT molecular complexity index is 897. The van der Waals surface area contributed by atoms with Crippen LogP contribution in [0.5, 0.6) is 0 Å². The molecule has 0 aromatic heterocycles. The molecule has 0 amide bonds. The van der Waals surface area contributed by atoms with Crippen molar-refractivity contribution in [3.8, 4) is 0 Å². The zero-order valence-electron chi connectivity index (χ0n) is 19.4. The summed E-state index contributed by atoms with van der Waals surface area (Å²) >= 11 is 10.4. The Morgan fingerprint density at radius 3 is 1.71 bits per heavy atom. The fraction of sp³-hybridized carbons (Fsp3) is 0.385. The van der Waals surface area contributed by atoms with Gasteiger partial charge in [0, 0.05) is 10.5 Å². The Hall–Kier alpha value is -0.380. The van der Waals surface area contributed by atoms with Gasteiger partial charge < -0.3 is 0 Å². The van der Waals surface area contributed by atoms with Crippen LogP contribution in [-0.4, -0.2) is 20.7 Å². The van der Waals surface area contributed by atoms with Gasteiger partial charge >= 0.3 is 0 Å². The zero-order valence-corrected chi connectivity index (χ0v) is 24.3. The standard InChI is InChI=1S/C26H30O2S6/c1-5-19(31-23(27)7-3)13-21-15-29-25(33-21)17-10-9-11-18(12-17)26-30-16-22(34-26)14-20(6-2)32-24(28)8-4/h7-12,15-16,19-20,25-26H,3-6,13-14H2,1-2H3. The minimum Gasteiger partial charge on any atom is -0.282 e. The highest BCUT2D eigenvalue weighted by atomic mass is 32.2. The lowest BCUT2D eigenvalue weighted by Gasteiger charge is -2.17. The van der Waals surface area contributed by atoms with Crippen molar-refractivity contribution in [1.29, 1.82) is 0 Å². The fourth-order valence-corrected chi connectivity index (χ4v) is 10.7. The minimum absolute atomic E-state index is 0.0584. The first kappa shape index (κ1) is 28.2. The Labute approximate surface area is 229 Å². The molecule has 8 heteroatoms. The first-order valence-corrected chi connectivity index (χ1v) is 16.6. The third-order valence-electron chi connectivity index (χ3n) is 5.29. The molecule has 2 aliphatic rings. The second-order valence-electron chi connectivity index (χ2n) is 7.76. The van der Waals surface area contributed by atoms with Crippen LogP contribution in [0.25, 0.3) is 0 Å². The molecule has 2 heterocycles. The molecule has 182 valence electrons. The Balaban J connectivity index is 1.55. The number of allylic oxidation sites excluding steroid dienone is 2. The SMILES string of the molecule is C=CC(=O)SC(CC)CC1=CSC(c2cccc(C3SC=C(CC(CC)SC(=O)C=C)S3)c2)S1. The summed E-state index contributed by atoms with van der Waals surface area (Å²) in [6.45, 7) is 11.5. The van der Waals surface area contributed by atoms with Crippen molar-refractivity contribution >= 4 is 80.8 Å². The van der Waals surface area contributed by atoms with Crippen molar-refractivity contribution in [2.24, 2.45) is 0 Å². The van der Waals surface area contributed by atoms with Crippen molar-refractivity contribution in [2.45, 2.75) is 59.2 Å². The number of thioether (sulfide) groups is 6. The Morgan fingerprint density at radius 1 is 0.882 bits per heavy atom. The van der Waals surface area contributed by atoms with Crippen molar-refractivity contribution < 1.29 is 9.59 Å². The third kappa shape index (κ3) is 8.34. The van der Waals surface area contributed by atoms with Crippen LogP contribution in [0.1, 0.15) is 59.8 Å². The minimum atomic E-state index is 0.0584. The maximum atomic E-state index is 11.7. The first-order valence-electron chi connectivity index (χ1n) is 11.2. The molecule has 1 aromatic rings. The van der Waals surface area contributed by atoms with Gasteiger partial charge in [0.25, 0.3) is 0 Å². The predicted molar refractivity (Wildman–Crippen MR) is 161 cm³/mol. The summed E-state index contributed by atoms with van der Waals surface area (Å²) in [6.07, 6.45) is 6.62. The van der Waals surface area contributed by atoms with Crippen LogP contribution < -0.4 is 0 Å². The molecule has 4 unspecified atom stereocenters. The average Bonchev–Trinajstić information content (AvgIpc) is 3.53. The van der Waals surface area contributed by atoms with Gasteiger partial charge in [-0.25, -0.2) is 0 Å². The van der Waals surface area contributed by atoms with E-state index in [0.29, 0.717) is 19.7 Å². The molecule has 1 aromatic carbocycles. The van der Waals surface area contributed by atoms with E-state index in [1.54, 1.807) is 0 Å². The van der Waals surface area contributed by atoms with Gasteiger partial charge in [0.1, 0.15) is 0 Å². The smallest absolute Gasteiger partial charge is 0.211 e. The summed E-state index contributed by atoms with van der Waals surface area (Å²) in [5, 5.41) is 5.27. The van der Waals surface area contributed by atoms with Gasteiger partial charge in [0.2, 0.25) is 10.2 Å². The monoisotopic (exact) mass is 566 g/mol. The first-order chi connectivity index (χ1) is 16.4. The number of hydrogen-bond acceptors (Lipinski definition) is 8. The second-order valence-corrected chi connectivity index (χ2v) is 15.4. The van der Waals surface area contributed by atoms with Crippen molar-refractivity contribution in [3.63, 3.8) is 0 Å². The van der Waals surface area contributed by atoms with Crippen molar-refractivity contribution in [2.75, 3.05) is 0 Å².